The first-order valence-electron chi connectivity index (χ1n) is 10.5. The Morgan fingerprint density at radius 2 is 1.26 bits per heavy atom. The molecule has 0 saturated heterocycles. The van der Waals surface area contributed by atoms with E-state index >= 15 is 0 Å². The number of ether oxygens (including phenoxy) is 1. The third-order valence-corrected chi connectivity index (χ3v) is 6.52. The molecule has 0 aliphatic carbocycles. The monoisotopic (exact) mass is 418 g/mol. The van der Waals surface area contributed by atoms with Crippen LogP contribution in [0.4, 0.5) is 0 Å². The van der Waals surface area contributed by atoms with E-state index in [4.69, 9.17) is 4.74 Å². The number of rotatable bonds is 17. The third kappa shape index (κ3) is 17.3. The van der Waals surface area contributed by atoms with Crippen LogP contribution >= 0.6 is 23.5 Å². The highest BCUT2D eigenvalue weighted by molar-refractivity contribution is 8.17. The van der Waals surface area contributed by atoms with Crippen molar-refractivity contribution in [1.82, 2.24) is 0 Å². The number of thioether (sulfide) groups is 2. The van der Waals surface area contributed by atoms with Gasteiger partial charge in [-0.1, -0.05) is 82.8 Å². The Balaban J connectivity index is 4.36. The summed E-state index contributed by atoms with van der Waals surface area (Å²) in [5.74, 6) is 0.323. The van der Waals surface area contributed by atoms with Crippen LogP contribution in [0.25, 0.3) is 0 Å². The van der Waals surface area contributed by atoms with Crippen LogP contribution in [-0.4, -0.2) is 33.8 Å². The van der Waals surface area contributed by atoms with Gasteiger partial charge in [0.15, 0.2) is 10.2 Å². The molecule has 0 radical (unpaired) electrons. The first kappa shape index (κ1) is 26.5. The fourth-order valence-electron chi connectivity index (χ4n) is 2.44. The molecular weight excluding hydrogens is 380 g/mol. The van der Waals surface area contributed by atoms with Crippen molar-refractivity contribution in [3.63, 3.8) is 0 Å². The summed E-state index contributed by atoms with van der Waals surface area (Å²) in [6, 6.07) is 0. The third-order valence-electron chi connectivity index (χ3n) is 4.11. The average molecular weight is 419 g/mol. The van der Waals surface area contributed by atoms with Crippen molar-refractivity contribution < 1.29 is 19.1 Å². The highest BCUT2D eigenvalue weighted by Crippen LogP contribution is 2.22. The molecule has 0 fully saturated rings. The van der Waals surface area contributed by atoms with Crippen molar-refractivity contribution in [2.24, 2.45) is 0 Å². The Labute approximate surface area is 174 Å². The Bertz CT molecular complexity index is 387. The van der Waals surface area contributed by atoms with E-state index < -0.39 is 0 Å². The number of unbranched alkanes of at least 4 members (excludes halogenated alkanes) is 6. The maximum atomic E-state index is 12.2. The average Bonchev–Trinajstić information content (AvgIpc) is 2.64. The first-order chi connectivity index (χ1) is 13.0. The van der Waals surface area contributed by atoms with Crippen LogP contribution in [0.1, 0.15) is 97.8 Å². The van der Waals surface area contributed by atoms with Crippen molar-refractivity contribution in [2.75, 3.05) is 12.4 Å². The van der Waals surface area contributed by atoms with Crippen LogP contribution < -0.4 is 0 Å². The minimum atomic E-state index is -0.202. The van der Waals surface area contributed by atoms with Crippen LogP contribution in [0.3, 0.4) is 0 Å². The second-order valence-electron chi connectivity index (χ2n) is 6.85. The summed E-state index contributed by atoms with van der Waals surface area (Å²) >= 11 is 2.52. The van der Waals surface area contributed by atoms with Gasteiger partial charge in [0.25, 0.3) is 0 Å². The highest BCUT2D eigenvalue weighted by atomic mass is 32.2. The molecule has 0 aromatic heterocycles. The molecule has 0 N–H and O–H groups in total. The standard InChI is InChI=1S/C21H38O4S2/c1-4-7-10-13-19(22)25-16-18(27-21(24)15-12-9-6-3)17-26-20(23)14-11-8-5-2/h18H,4-17H2,1-3H3. The van der Waals surface area contributed by atoms with Crippen LogP contribution in [-0.2, 0) is 19.1 Å². The normalized spacial score (nSPS) is 12.0. The Morgan fingerprint density at radius 1 is 0.741 bits per heavy atom. The minimum Gasteiger partial charge on any atom is -0.464 e. The Kier molecular flexibility index (Phi) is 18.5. The van der Waals surface area contributed by atoms with Crippen molar-refractivity contribution in [1.29, 1.82) is 0 Å². The Morgan fingerprint density at radius 3 is 1.81 bits per heavy atom. The highest BCUT2D eigenvalue weighted by Gasteiger charge is 2.19. The van der Waals surface area contributed by atoms with Crippen LogP contribution in [0.5, 0.6) is 0 Å². The number of carbonyl (C=O) groups is 3. The molecule has 1 atom stereocenters. The molecule has 0 spiro atoms. The number of esters is 1. The summed E-state index contributed by atoms with van der Waals surface area (Å²) in [4.78, 5) is 36.0. The quantitative estimate of drug-likeness (QED) is 0.208. The zero-order chi connectivity index (χ0) is 20.3. The van der Waals surface area contributed by atoms with Crippen LogP contribution in [0, 0.1) is 0 Å². The predicted octanol–water partition coefficient (Wildman–Crippen LogP) is 6.16. The predicted molar refractivity (Wildman–Crippen MR) is 117 cm³/mol. The molecule has 1 unspecified atom stereocenters. The Hall–Kier alpha value is -0.490. The lowest BCUT2D eigenvalue weighted by Gasteiger charge is -2.15. The van der Waals surface area contributed by atoms with Gasteiger partial charge in [0.1, 0.15) is 6.61 Å². The molecule has 4 nitrogen and oxygen atoms in total. The van der Waals surface area contributed by atoms with Gasteiger partial charge in [-0.25, -0.2) is 0 Å². The maximum absolute atomic E-state index is 12.2. The molecule has 0 saturated carbocycles. The van der Waals surface area contributed by atoms with E-state index in [0.29, 0.717) is 25.0 Å². The van der Waals surface area contributed by atoms with Gasteiger partial charge < -0.3 is 4.74 Å². The molecule has 6 heteroatoms. The van der Waals surface area contributed by atoms with E-state index in [2.05, 4.69) is 20.8 Å². The topological polar surface area (TPSA) is 60.4 Å². The molecular formula is C21H38O4S2. The van der Waals surface area contributed by atoms with Gasteiger partial charge in [0, 0.05) is 25.0 Å². The van der Waals surface area contributed by atoms with Crippen molar-refractivity contribution in [3.05, 3.63) is 0 Å². The molecule has 0 bridgehead atoms. The lowest BCUT2D eigenvalue weighted by Crippen LogP contribution is -2.21. The summed E-state index contributed by atoms with van der Waals surface area (Å²) < 4.78 is 5.37. The number of hydrogen-bond donors (Lipinski definition) is 0. The first-order valence-corrected chi connectivity index (χ1v) is 12.4. The van der Waals surface area contributed by atoms with E-state index in [1.807, 2.05) is 0 Å². The van der Waals surface area contributed by atoms with E-state index in [1.54, 1.807) is 0 Å². The van der Waals surface area contributed by atoms with Gasteiger partial charge in [0.2, 0.25) is 0 Å². The van der Waals surface area contributed by atoms with Gasteiger partial charge in [-0.15, -0.1) is 0 Å². The van der Waals surface area contributed by atoms with Gasteiger partial charge in [-0.2, -0.15) is 0 Å². The van der Waals surface area contributed by atoms with E-state index in [9.17, 15) is 14.4 Å². The van der Waals surface area contributed by atoms with Crippen LogP contribution in [0.15, 0.2) is 0 Å². The molecule has 0 rings (SSSR count). The zero-order valence-electron chi connectivity index (χ0n) is 17.4. The van der Waals surface area contributed by atoms with E-state index in [0.717, 1.165) is 57.8 Å². The lowest BCUT2D eigenvalue weighted by atomic mass is 10.2. The lowest BCUT2D eigenvalue weighted by molar-refractivity contribution is -0.143. The second-order valence-corrected chi connectivity index (χ2v) is 9.28. The van der Waals surface area contributed by atoms with Gasteiger partial charge >= 0.3 is 5.97 Å². The summed E-state index contributed by atoms with van der Waals surface area (Å²) in [5.41, 5.74) is 0. The summed E-state index contributed by atoms with van der Waals surface area (Å²) in [7, 11) is 0. The summed E-state index contributed by atoms with van der Waals surface area (Å²) in [5, 5.41) is 0.158. The summed E-state index contributed by atoms with van der Waals surface area (Å²) in [6.45, 7) is 6.53. The van der Waals surface area contributed by atoms with Gasteiger partial charge in [0.05, 0.1) is 5.25 Å². The number of hydrogen-bond acceptors (Lipinski definition) is 6. The molecule has 158 valence electrons. The van der Waals surface area contributed by atoms with Crippen molar-refractivity contribution in [3.8, 4) is 0 Å². The molecule has 27 heavy (non-hydrogen) atoms. The number of carbonyl (C=O) groups excluding carboxylic acids is 3. The summed E-state index contributed by atoms with van der Waals surface area (Å²) in [6.07, 6.45) is 10.6. The largest absolute Gasteiger partial charge is 0.464 e. The molecule has 0 aliphatic rings. The van der Waals surface area contributed by atoms with Gasteiger partial charge in [-0.3, -0.25) is 14.4 Å². The molecule has 0 aromatic rings. The van der Waals surface area contributed by atoms with Crippen LogP contribution in [0.2, 0.25) is 0 Å². The molecule has 0 aliphatic heterocycles. The molecule has 0 aromatic carbocycles. The van der Waals surface area contributed by atoms with Crippen molar-refractivity contribution in [2.45, 2.75) is 103 Å². The maximum Gasteiger partial charge on any atom is 0.305 e. The SMILES string of the molecule is CCCCCC(=O)OCC(CSC(=O)CCCCC)SC(=O)CCCCC. The van der Waals surface area contributed by atoms with E-state index in [1.165, 1.54) is 23.5 Å². The smallest absolute Gasteiger partial charge is 0.305 e. The fourth-order valence-corrected chi connectivity index (χ4v) is 4.44. The molecule has 0 heterocycles. The fraction of sp³-hybridized carbons (Fsp3) is 0.857. The van der Waals surface area contributed by atoms with Crippen molar-refractivity contribution >= 4 is 39.7 Å². The van der Waals surface area contributed by atoms with Gasteiger partial charge in [-0.05, 0) is 19.3 Å². The second kappa shape index (κ2) is 18.9. The minimum absolute atomic E-state index is 0.134. The molecule has 0 amide bonds. The van der Waals surface area contributed by atoms with E-state index in [-0.39, 0.29) is 28.1 Å². The zero-order valence-corrected chi connectivity index (χ0v) is 19.1.